The van der Waals surface area contributed by atoms with E-state index in [-0.39, 0.29) is 11.9 Å². The summed E-state index contributed by atoms with van der Waals surface area (Å²) in [6.07, 6.45) is 4.39. The number of carbonyl (C=O) groups is 1. The van der Waals surface area contributed by atoms with Gasteiger partial charge in [-0.05, 0) is 25.0 Å². The van der Waals surface area contributed by atoms with Crippen molar-refractivity contribution in [1.29, 1.82) is 0 Å². The minimum Gasteiger partial charge on any atom is -0.467 e. The average molecular weight is 337 g/mol. The Morgan fingerprint density at radius 2 is 2.08 bits per heavy atom. The zero-order valence-corrected chi connectivity index (χ0v) is 13.8. The van der Waals surface area contributed by atoms with Crippen LogP contribution in [0.1, 0.15) is 37.0 Å². The summed E-state index contributed by atoms with van der Waals surface area (Å²) in [5, 5.41) is 3.99. The predicted molar refractivity (Wildman–Crippen MR) is 90.5 cm³/mol. The lowest BCUT2D eigenvalue weighted by Crippen LogP contribution is -2.30. The van der Waals surface area contributed by atoms with Crippen LogP contribution in [0.4, 0.5) is 0 Å². The zero-order chi connectivity index (χ0) is 17.1. The third kappa shape index (κ3) is 3.33. The Morgan fingerprint density at radius 1 is 1.20 bits per heavy atom. The van der Waals surface area contributed by atoms with Gasteiger partial charge in [-0.15, -0.1) is 0 Å². The molecule has 128 valence electrons. The minimum atomic E-state index is 0.0464. The Morgan fingerprint density at radius 3 is 2.88 bits per heavy atom. The number of amides is 1. The minimum absolute atomic E-state index is 0.0464. The molecule has 1 aliphatic heterocycles. The van der Waals surface area contributed by atoms with Gasteiger partial charge in [0.2, 0.25) is 17.6 Å². The van der Waals surface area contributed by atoms with Gasteiger partial charge in [-0.2, -0.15) is 4.98 Å². The molecule has 3 aromatic rings. The highest BCUT2D eigenvalue weighted by Crippen LogP contribution is 2.32. The fourth-order valence-corrected chi connectivity index (χ4v) is 3.26. The van der Waals surface area contributed by atoms with Crippen molar-refractivity contribution in [2.45, 2.75) is 31.7 Å². The van der Waals surface area contributed by atoms with Crippen molar-refractivity contribution in [3.8, 4) is 11.4 Å². The molecule has 1 aliphatic rings. The molecule has 3 heterocycles. The molecule has 0 saturated carbocycles. The van der Waals surface area contributed by atoms with Crippen molar-refractivity contribution in [2.75, 3.05) is 6.54 Å². The number of nitrogens with zero attached hydrogens (tertiary/aromatic N) is 3. The second-order valence-electron chi connectivity index (χ2n) is 6.14. The Hall–Kier alpha value is -2.89. The molecule has 1 saturated heterocycles. The molecule has 0 radical (unpaired) electrons. The molecule has 1 aromatic carbocycles. The molecule has 1 fully saturated rings. The molecule has 0 N–H and O–H groups in total. The summed E-state index contributed by atoms with van der Waals surface area (Å²) < 4.78 is 10.8. The van der Waals surface area contributed by atoms with Crippen LogP contribution in [0.2, 0.25) is 0 Å². The Labute approximate surface area is 145 Å². The third-order valence-electron chi connectivity index (χ3n) is 4.50. The van der Waals surface area contributed by atoms with Gasteiger partial charge in [0.05, 0.1) is 12.3 Å². The fraction of sp³-hybridized carbons (Fsp3) is 0.316. The molecule has 1 atom stereocenters. The van der Waals surface area contributed by atoms with Gasteiger partial charge in [-0.25, -0.2) is 0 Å². The Kier molecular flexibility index (Phi) is 4.33. The van der Waals surface area contributed by atoms with E-state index in [1.165, 1.54) is 0 Å². The van der Waals surface area contributed by atoms with Gasteiger partial charge in [0.15, 0.2) is 0 Å². The molecule has 0 aliphatic carbocycles. The smallest absolute Gasteiger partial charge is 0.227 e. The van der Waals surface area contributed by atoms with Crippen LogP contribution in [-0.2, 0) is 11.2 Å². The topological polar surface area (TPSA) is 72.4 Å². The van der Waals surface area contributed by atoms with Crippen LogP contribution in [0, 0.1) is 0 Å². The molecule has 2 aromatic heterocycles. The quantitative estimate of drug-likeness (QED) is 0.711. The molecule has 6 heteroatoms. The predicted octanol–water partition coefficient (Wildman–Crippen LogP) is 3.63. The van der Waals surface area contributed by atoms with Gasteiger partial charge in [-0.3, -0.25) is 4.79 Å². The summed E-state index contributed by atoms with van der Waals surface area (Å²) >= 11 is 0. The van der Waals surface area contributed by atoms with Crippen LogP contribution in [0.15, 0.2) is 57.7 Å². The van der Waals surface area contributed by atoms with Crippen molar-refractivity contribution in [2.24, 2.45) is 0 Å². The maximum Gasteiger partial charge on any atom is 0.227 e. The van der Waals surface area contributed by atoms with Gasteiger partial charge in [-0.1, -0.05) is 35.5 Å². The lowest BCUT2D eigenvalue weighted by Gasteiger charge is -2.22. The molecular weight excluding hydrogens is 318 g/mol. The summed E-state index contributed by atoms with van der Waals surface area (Å²) in [4.78, 5) is 18.9. The first-order valence-electron chi connectivity index (χ1n) is 8.52. The van der Waals surface area contributed by atoms with Crippen molar-refractivity contribution < 1.29 is 13.7 Å². The number of aromatic nitrogens is 2. The summed E-state index contributed by atoms with van der Waals surface area (Å²) in [6, 6.07) is 13.5. The molecule has 0 bridgehead atoms. The highest BCUT2D eigenvalue weighted by molar-refractivity contribution is 5.77. The van der Waals surface area contributed by atoms with E-state index in [2.05, 4.69) is 10.1 Å². The summed E-state index contributed by atoms with van der Waals surface area (Å²) in [5.74, 6) is 1.99. The van der Waals surface area contributed by atoms with Crippen LogP contribution in [0.3, 0.4) is 0 Å². The van der Waals surface area contributed by atoms with E-state index in [9.17, 15) is 4.79 Å². The second kappa shape index (κ2) is 6.93. The first-order chi connectivity index (χ1) is 12.3. The van der Waals surface area contributed by atoms with E-state index in [1.807, 2.05) is 47.4 Å². The SMILES string of the molecule is O=C(CCc1nc(-c2ccccc2)no1)N1CCC[C@H]1c1ccco1. The molecule has 4 rings (SSSR count). The largest absolute Gasteiger partial charge is 0.467 e. The highest BCUT2D eigenvalue weighted by atomic mass is 16.5. The number of hydrogen-bond donors (Lipinski definition) is 0. The second-order valence-corrected chi connectivity index (χ2v) is 6.14. The number of benzene rings is 1. The first-order valence-corrected chi connectivity index (χ1v) is 8.52. The van der Waals surface area contributed by atoms with Crippen LogP contribution in [0.5, 0.6) is 0 Å². The van der Waals surface area contributed by atoms with Crippen LogP contribution in [0.25, 0.3) is 11.4 Å². The van der Waals surface area contributed by atoms with E-state index in [0.29, 0.717) is 24.6 Å². The van der Waals surface area contributed by atoms with Crippen molar-refractivity contribution in [3.05, 3.63) is 60.4 Å². The number of likely N-dealkylation sites (tertiary alicyclic amines) is 1. The first kappa shape index (κ1) is 15.6. The number of aryl methyl sites for hydroxylation is 1. The van der Waals surface area contributed by atoms with Crippen LogP contribution < -0.4 is 0 Å². The molecule has 0 unspecified atom stereocenters. The van der Waals surface area contributed by atoms with E-state index >= 15 is 0 Å². The molecular formula is C19H19N3O3. The van der Waals surface area contributed by atoms with Crippen molar-refractivity contribution in [3.63, 3.8) is 0 Å². The summed E-state index contributed by atoms with van der Waals surface area (Å²) in [6.45, 7) is 0.767. The molecule has 0 spiro atoms. The lowest BCUT2D eigenvalue weighted by molar-refractivity contribution is -0.132. The van der Waals surface area contributed by atoms with E-state index < -0.39 is 0 Å². The zero-order valence-electron chi connectivity index (χ0n) is 13.8. The normalized spacial score (nSPS) is 17.1. The third-order valence-corrected chi connectivity index (χ3v) is 4.50. The molecule has 25 heavy (non-hydrogen) atoms. The van der Waals surface area contributed by atoms with Crippen molar-refractivity contribution in [1.82, 2.24) is 15.0 Å². The Balaban J connectivity index is 1.38. The van der Waals surface area contributed by atoms with Gasteiger partial charge in [0.1, 0.15) is 5.76 Å². The van der Waals surface area contributed by atoms with Crippen LogP contribution in [-0.4, -0.2) is 27.5 Å². The maximum atomic E-state index is 12.6. The number of carbonyl (C=O) groups excluding carboxylic acids is 1. The lowest BCUT2D eigenvalue weighted by atomic mass is 10.1. The van der Waals surface area contributed by atoms with E-state index in [4.69, 9.17) is 8.94 Å². The van der Waals surface area contributed by atoms with Crippen molar-refractivity contribution >= 4 is 5.91 Å². The van der Waals surface area contributed by atoms with Gasteiger partial charge >= 0.3 is 0 Å². The maximum absolute atomic E-state index is 12.6. The summed E-state index contributed by atoms with van der Waals surface area (Å²) in [5.41, 5.74) is 0.904. The van der Waals surface area contributed by atoms with E-state index in [1.54, 1.807) is 6.26 Å². The van der Waals surface area contributed by atoms with Gasteiger partial charge in [0.25, 0.3) is 0 Å². The fourth-order valence-electron chi connectivity index (χ4n) is 3.26. The highest BCUT2D eigenvalue weighted by Gasteiger charge is 2.31. The summed E-state index contributed by atoms with van der Waals surface area (Å²) in [7, 11) is 0. The number of furan rings is 1. The molecule has 1 amide bonds. The number of rotatable bonds is 5. The van der Waals surface area contributed by atoms with Crippen LogP contribution >= 0.6 is 0 Å². The monoisotopic (exact) mass is 337 g/mol. The Bertz CT molecular complexity index is 827. The standard InChI is InChI=1S/C19H19N3O3/c23-18(22-12-4-8-15(22)16-9-5-13-24-16)11-10-17-20-19(21-25-17)14-6-2-1-3-7-14/h1-3,5-7,9,13,15H,4,8,10-12H2/t15-/m0/s1. The van der Waals surface area contributed by atoms with Gasteiger partial charge in [0, 0.05) is 24.9 Å². The number of hydrogen-bond acceptors (Lipinski definition) is 5. The van der Waals surface area contributed by atoms with Gasteiger partial charge < -0.3 is 13.8 Å². The average Bonchev–Trinajstić information content (AvgIpc) is 3.41. The molecule has 6 nitrogen and oxygen atoms in total. The van der Waals surface area contributed by atoms with E-state index in [0.717, 1.165) is 30.7 Å².